The number of hydrogen-bond acceptors (Lipinski definition) is 3. The van der Waals surface area contributed by atoms with Crippen LogP contribution in [-0.2, 0) is 0 Å². The first-order chi connectivity index (χ1) is 12.2. The van der Waals surface area contributed by atoms with Gasteiger partial charge in [0.1, 0.15) is 10.7 Å². The Hall–Kier alpha value is -3.67. The lowest BCUT2D eigenvalue weighted by Crippen LogP contribution is -2.46. The topological polar surface area (TPSA) is 94.4 Å². The van der Waals surface area contributed by atoms with Gasteiger partial charge in [-0.05, 0) is 30.4 Å². The molecule has 6 heteroatoms. The number of aromatic amines is 3. The van der Waals surface area contributed by atoms with Crippen LogP contribution in [0.25, 0.3) is 23.1 Å². The summed E-state index contributed by atoms with van der Waals surface area (Å²) >= 11 is 0. The number of para-hydroxylation sites is 1. The first-order valence-corrected chi connectivity index (χ1v) is 7.74. The van der Waals surface area contributed by atoms with Gasteiger partial charge in [-0.25, -0.2) is 0 Å². The van der Waals surface area contributed by atoms with Crippen LogP contribution in [0.5, 0.6) is 0 Å². The summed E-state index contributed by atoms with van der Waals surface area (Å²) in [7, 11) is 0. The van der Waals surface area contributed by atoms with Crippen LogP contribution in [0.3, 0.4) is 0 Å². The van der Waals surface area contributed by atoms with E-state index in [-0.39, 0.29) is 21.8 Å². The lowest BCUT2D eigenvalue weighted by atomic mass is 10.1. The van der Waals surface area contributed by atoms with Crippen molar-refractivity contribution in [3.8, 4) is 0 Å². The van der Waals surface area contributed by atoms with E-state index in [1.807, 2.05) is 30.3 Å². The van der Waals surface area contributed by atoms with Crippen LogP contribution in [0.15, 0.2) is 64.4 Å². The molecule has 3 heterocycles. The van der Waals surface area contributed by atoms with E-state index in [4.69, 9.17) is 0 Å². The molecule has 3 aromatic heterocycles. The molecule has 0 radical (unpaired) electrons. The van der Waals surface area contributed by atoms with Crippen molar-refractivity contribution >= 4 is 23.1 Å². The maximum absolute atomic E-state index is 12.3. The fraction of sp³-hybridized carbons (Fsp3) is 0. The summed E-state index contributed by atoms with van der Waals surface area (Å²) in [5, 5.41) is 1.35. The molecule has 0 saturated carbocycles. The van der Waals surface area contributed by atoms with Crippen LogP contribution in [0.2, 0.25) is 0 Å². The standard InChI is InChI=1S/C19H14N4O2/c24-18-16(9-12-11-21-15-7-2-1-6-14(12)15)22-19(25)17(23-18)10-13-5-3-4-8-20-13/h1-11,21H,(H,22,25)(H,23,24)/b16-9-,17-10+. The molecule has 122 valence electrons. The summed E-state index contributed by atoms with van der Waals surface area (Å²) in [5.41, 5.74) is 1.64. The second-order valence-corrected chi connectivity index (χ2v) is 5.57. The monoisotopic (exact) mass is 330 g/mol. The molecule has 0 fully saturated rings. The largest absolute Gasteiger partial charge is 0.361 e. The SMILES string of the molecule is O=c1[nH]/c(=C/c2ccccn2)c(=O)[nH]/c1=C\c1c[nH]c2ccccc12. The number of aromatic nitrogens is 4. The average molecular weight is 330 g/mol. The maximum atomic E-state index is 12.3. The van der Waals surface area contributed by atoms with Crippen molar-refractivity contribution in [2.24, 2.45) is 0 Å². The molecule has 0 saturated heterocycles. The summed E-state index contributed by atoms with van der Waals surface area (Å²) in [5.74, 6) is 0. The fourth-order valence-electron chi connectivity index (χ4n) is 2.67. The van der Waals surface area contributed by atoms with Gasteiger partial charge < -0.3 is 15.0 Å². The van der Waals surface area contributed by atoms with Crippen LogP contribution in [0, 0.1) is 0 Å². The van der Waals surface area contributed by atoms with Crippen LogP contribution >= 0.6 is 0 Å². The zero-order valence-electron chi connectivity index (χ0n) is 13.1. The van der Waals surface area contributed by atoms with Crippen LogP contribution in [0.1, 0.15) is 11.3 Å². The molecule has 0 atom stereocenters. The number of nitrogens with one attached hydrogen (secondary N) is 3. The molecule has 25 heavy (non-hydrogen) atoms. The fourth-order valence-corrected chi connectivity index (χ4v) is 2.67. The molecule has 4 aromatic rings. The van der Waals surface area contributed by atoms with Crippen molar-refractivity contribution in [2.75, 3.05) is 0 Å². The number of H-pyrrole nitrogens is 3. The van der Waals surface area contributed by atoms with Gasteiger partial charge in [0, 0.05) is 28.9 Å². The van der Waals surface area contributed by atoms with E-state index in [2.05, 4.69) is 19.9 Å². The Labute approximate surface area is 141 Å². The van der Waals surface area contributed by atoms with E-state index in [0.29, 0.717) is 5.69 Å². The highest BCUT2D eigenvalue weighted by molar-refractivity contribution is 5.88. The van der Waals surface area contributed by atoms with Crippen molar-refractivity contribution in [3.63, 3.8) is 0 Å². The van der Waals surface area contributed by atoms with E-state index >= 15 is 0 Å². The van der Waals surface area contributed by atoms with Gasteiger partial charge in [-0.3, -0.25) is 14.6 Å². The molecule has 0 amide bonds. The Morgan fingerprint density at radius 1 is 0.840 bits per heavy atom. The average Bonchev–Trinajstić information content (AvgIpc) is 3.03. The normalized spacial score (nSPS) is 12.8. The van der Waals surface area contributed by atoms with Gasteiger partial charge >= 0.3 is 0 Å². The molecule has 0 bridgehead atoms. The molecular weight excluding hydrogens is 316 g/mol. The van der Waals surface area contributed by atoms with E-state index in [1.54, 1.807) is 30.6 Å². The van der Waals surface area contributed by atoms with Gasteiger partial charge in [-0.2, -0.15) is 0 Å². The van der Waals surface area contributed by atoms with E-state index in [9.17, 15) is 9.59 Å². The minimum Gasteiger partial charge on any atom is -0.361 e. The summed E-state index contributed by atoms with van der Waals surface area (Å²) in [6.07, 6.45) is 6.62. The van der Waals surface area contributed by atoms with Crippen molar-refractivity contribution in [2.45, 2.75) is 0 Å². The molecule has 0 aliphatic carbocycles. The summed E-state index contributed by atoms with van der Waals surface area (Å²) < 4.78 is 0. The third-order valence-corrected chi connectivity index (χ3v) is 3.89. The minimum absolute atomic E-state index is 0.166. The highest BCUT2D eigenvalue weighted by Crippen LogP contribution is 2.17. The number of hydrogen-bond donors (Lipinski definition) is 3. The van der Waals surface area contributed by atoms with E-state index in [1.165, 1.54) is 6.08 Å². The third-order valence-electron chi connectivity index (χ3n) is 3.89. The Kier molecular flexibility index (Phi) is 3.63. The van der Waals surface area contributed by atoms with Gasteiger partial charge in [-0.15, -0.1) is 0 Å². The Balaban J connectivity index is 1.88. The Morgan fingerprint density at radius 2 is 1.56 bits per heavy atom. The first kappa shape index (κ1) is 14.9. The predicted molar refractivity (Wildman–Crippen MR) is 96.6 cm³/mol. The molecule has 1 aromatic carbocycles. The number of nitrogens with zero attached hydrogens (tertiary/aromatic N) is 1. The van der Waals surface area contributed by atoms with Gasteiger partial charge in [0.25, 0.3) is 11.1 Å². The van der Waals surface area contributed by atoms with Crippen molar-refractivity contribution in [3.05, 3.63) is 97.5 Å². The molecule has 3 N–H and O–H groups in total. The van der Waals surface area contributed by atoms with Gasteiger partial charge in [0.2, 0.25) is 0 Å². The number of pyridine rings is 1. The van der Waals surface area contributed by atoms with Gasteiger partial charge in [0.15, 0.2) is 0 Å². The number of fused-ring (bicyclic) bond motifs is 1. The molecule has 0 aliphatic rings. The summed E-state index contributed by atoms with van der Waals surface area (Å²) in [6.45, 7) is 0. The molecule has 0 spiro atoms. The highest BCUT2D eigenvalue weighted by atomic mass is 16.1. The van der Waals surface area contributed by atoms with Gasteiger partial charge in [-0.1, -0.05) is 24.3 Å². The molecule has 6 nitrogen and oxygen atoms in total. The van der Waals surface area contributed by atoms with Crippen molar-refractivity contribution in [1.29, 1.82) is 0 Å². The third kappa shape index (κ3) is 2.92. The lowest BCUT2D eigenvalue weighted by Gasteiger charge is -1.93. The highest BCUT2D eigenvalue weighted by Gasteiger charge is 2.02. The lowest BCUT2D eigenvalue weighted by molar-refractivity contribution is 1.00. The van der Waals surface area contributed by atoms with Gasteiger partial charge in [0.05, 0.1) is 5.69 Å². The Morgan fingerprint density at radius 3 is 2.32 bits per heavy atom. The number of benzene rings is 1. The molecule has 4 rings (SSSR count). The molecule has 0 aliphatic heterocycles. The quantitative estimate of drug-likeness (QED) is 0.502. The second-order valence-electron chi connectivity index (χ2n) is 5.57. The molecule has 0 unspecified atom stereocenters. The molecular formula is C19H14N4O2. The number of rotatable bonds is 2. The maximum Gasteiger partial charge on any atom is 0.272 e. The second kappa shape index (κ2) is 6.09. The zero-order chi connectivity index (χ0) is 17.2. The van der Waals surface area contributed by atoms with Crippen molar-refractivity contribution in [1.82, 2.24) is 19.9 Å². The zero-order valence-corrected chi connectivity index (χ0v) is 13.1. The summed E-state index contributed by atoms with van der Waals surface area (Å²) in [4.78, 5) is 37.1. The predicted octanol–water partition coefficient (Wildman–Crippen LogP) is 0.597. The van der Waals surface area contributed by atoms with E-state index in [0.717, 1.165) is 16.5 Å². The van der Waals surface area contributed by atoms with Crippen molar-refractivity contribution < 1.29 is 0 Å². The van der Waals surface area contributed by atoms with Crippen LogP contribution in [0.4, 0.5) is 0 Å². The van der Waals surface area contributed by atoms with Crippen LogP contribution in [-0.4, -0.2) is 19.9 Å². The Bertz CT molecular complexity index is 1280. The first-order valence-electron chi connectivity index (χ1n) is 7.74. The van der Waals surface area contributed by atoms with Crippen LogP contribution < -0.4 is 21.8 Å². The summed E-state index contributed by atoms with van der Waals surface area (Å²) in [6, 6.07) is 13.1. The smallest absolute Gasteiger partial charge is 0.272 e. The van der Waals surface area contributed by atoms with E-state index < -0.39 is 0 Å². The minimum atomic E-state index is -0.378.